The number of aryl methyl sites for hydroxylation is 1. The number of nitrogens with zero attached hydrogens (tertiary/aromatic N) is 1. The zero-order chi connectivity index (χ0) is 27.1. The molecule has 0 atom stereocenters. The van der Waals surface area contributed by atoms with Crippen LogP contribution in [0.25, 0.3) is 22.8 Å². The Bertz CT molecular complexity index is 1380. The number of carbonyl (C=O) groups is 1. The molecule has 0 radical (unpaired) electrons. The highest BCUT2D eigenvalue weighted by Gasteiger charge is 2.32. The molecule has 2 N–H and O–H groups in total. The van der Waals surface area contributed by atoms with E-state index < -0.39 is 11.6 Å². The minimum atomic E-state index is -1.14. The third-order valence-electron chi connectivity index (χ3n) is 5.99. The van der Waals surface area contributed by atoms with Gasteiger partial charge in [0.15, 0.2) is 11.4 Å². The highest BCUT2D eigenvalue weighted by molar-refractivity contribution is 5.79. The average molecular weight is 515 g/mol. The van der Waals surface area contributed by atoms with Gasteiger partial charge in [0.25, 0.3) is 0 Å². The van der Waals surface area contributed by atoms with Crippen LogP contribution < -0.4 is 15.2 Å². The molecule has 0 aliphatic heterocycles. The Kier molecular flexibility index (Phi) is 8.48. The molecule has 0 aliphatic rings. The number of rotatable bonds is 11. The third kappa shape index (κ3) is 6.42. The van der Waals surface area contributed by atoms with E-state index in [1.807, 2.05) is 48.5 Å². The Hall–Kier alpha value is -4.10. The Balaban J connectivity index is 1.50. The Morgan fingerprint density at radius 2 is 1.76 bits per heavy atom. The summed E-state index contributed by atoms with van der Waals surface area (Å²) in [7, 11) is 0. The number of hydrogen-bond acceptors (Lipinski definition) is 7. The maximum Gasteiger partial charge on any atom is 0.349 e. The molecule has 0 saturated heterocycles. The lowest BCUT2D eigenvalue weighted by Gasteiger charge is -2.25. The monoisotopic (exact) mass is 514 g/mol. The highest BCUT2D eigenvalue weighted by Crippen LogP contribution is 2.32. The van der Waals surface area contributed by atoms with E-state index >= 15 is 0 Å². The smallest absolute Gasteiger partial charge is 0.349 e. The van der Waals surface area contributed by atoms with Crippen molar-refractivity contribution in [2.75, 3.05) is 13.2 Å². The van der Waals surface area contributed by atoms with Gasteiger partial charge in [0, 0.05) is 29.7 Å². The van der Waals surface area contributed by atoms with E-state index in [1.165, 1.54) is 0 Å². The lowest BCUT2D eigenvalue weighted by atomic mass is 10.1. The summed E-state index contributed by atoms with van der Waals surface area (Å²) in [6.45, 7) is 8.05. The van der Waals surface area contributed by atoms with Crippen molar-refractivity contribution in [1.29, 1.82) is 0 Å². The lowest BCUT2D eigenvalue weighted by molar-refractivity contribution is -0.158. The molecule has 38 heavy (non-hydrogen) atoms. The van der Waals surface area contributed by atoms with Crippen LogP contribution in [0.3, 0.4) is 0 Å². The fraction of sp³-hybridized carbons (Fsp3) is 0.290. The first-order valence-corrected chi connectivity index (χ1v) is 12.7. The largest absolute Gasteiger partial charge is 0.493 e. The van der Waals surface area contributed by atoms with Gasteiger partial charge in [0.2, 0.25) is 5.89 Å². The molecule has 3 aromatic carbocycles. The van der Waals surface area contributed by atoms with Crippen molar-refractivity contribution >= 4 is 5.97 Å². The number of esters is 1. The summed E-state index contributed by atoms with van der Waals surface area (Å²) in [4.78, 5) is 17.0. The molecule has 1 aromatic heterocycles. The van der Waals surface area contributed by atoms with E-state index in [9.17, 15) is 4.79 Å². The Labute approximate surface area is 223 Å². The van der Waals surface area contributed by atoms with Crippen LogP contribution >= 0.6 is 0 Å². The molecule has 198 valence electrons. The summed E-state index contributed by atoms with van der Waals surface area (Å²) in [6, 6.07) is 23.4. The van der Waals surface area contributed by atoms with E-state index in [-0.39, 0.29) is 13.2 Å². The molecule has 7 heteroatoms. The fourth-order valence-electron chi connectivity index (χ4n) is 4.03. The van der Waals surface area contributed by atoms with Crippen molar-refractivity contribution in [3.63, 3.8) is 0 Å². The molecular weight excluding hydrogens is 480 g/mol. The van der Waals surface area contributed by atoms with Gasteiger partial charge in [0.05, 0.1) is 18.9 Å². The van der Waals surface area contributed by atoms with Gasteiger partial charge in [-0.05, 0) is 64.1 Å². The molecule has 4 rings (SSSR count). The number of hydrogen-bond donors (Lipinski definition) is 1. The SMILES string of the molecule is CCOC(=O)C(C)(C)Oc1ccc(OCCc2nc(-c3ccccc3)oc2-c2cccc(C)c2)cc1CN. The molecule has 0 amide bonds. The number of aromatic nitrogens is 1. The number of carbonyl (C=O) groups excluding carboxylic acids is 1. The zero-order valence-corrected chi connectivity index (χ0v) is 22.3. The van der Waals surface area contributed by atoms with Crippen molar-refractivity contribution in [3.05, 3.63) is 89.6 Å². The molecule has 0 unspecified atom stereocenters. The first-order valence-electron chi connectivity index (χ1n) is 12.7. The summed E-state index contributed by atoms with van der Waals surface area (Å²) < 4.78 is 23.4. The summed E-state index contributed by atoms with van der Waals surface area (Å²) >= 11 is 0. The van der Waals surface area contributed by atoms with E-state index in [0.29, 0.717) is 30.4 Å². The molecule has 0 aliphatic carbocycles. The minimum absolute atomic E-state index is 0.229. The number of oxazole rings is 1. The van der Waals surface area contributed by atoms with Crippen LogP contribution in [0.1, 0.15) is 37.6 Å². The Morgan fingerprint density at radius 3 is 2.47 bits per heavy atom. The van der Waals surface area contributed by atoms with Gasteiger partial charge in [0.1, 0.15) is 11.5 Å². The zero-order valence-electron chi connectivity index (χ0n) is 22.3. The normalized spacial score (nSPS) is 11.3. The average Bonchev–Trinajstić information content (AvgIpc) is 3.34. The van der Waals surface area contributed by atoms with Gasteiger partial charge < -0.3 is 24.4 Å². The summed E-state index contributed by atoms with van der Waals surface area (Å²) in [5.41, 5.74) is 9.43. The van der Waals surface area contributed by atoms with Crippen LogP contribution in [0, 0.1) is 6.92 Å². The van der Waals surface area contributed by atoms with Crippen LogP contribution in [0.2, 0.25) is 0 Å². The Morgan fingerprint density at radius 1 is 1.00 bits per heavy atom. The summed E-state index contributed by atoms with van der Waals surface area (Å²) in [5.74, 6) is 2.05. The maximum absolute atomic E-state index is 12.2. The quantitative estimate of drug-likeness (QED) is 0.241. The third-order valence-corrected chi connectivity index (χ3v) is 5.99. The highest BCUT2D eigenvalue weighted by atomic mass is 16.6. The fourth-order valence-corrected chi connectivity index (χ4v) is 4.03. The topological polar surface area (TPSA) is 96.8 Å². The van der Waals surface area contributed by atoms with Crippen molar-refractivity contribution in [2.45, 2.75) is 46.3 Å². The van der Waals surface area contributed by atoms with Crippen LogP contribution in [-0.4, -0.2) is 29.8 Å². The predicted octanol–water partition coefficient (Wildman–Crippen LogP) is 6.12. The first-order chi connectivity index (χ1) is 18.3. The second-order valence-corrected chi connectivity index (χ2v) is 9.44. The van der Waals surface area contributed by atoms with E-state index in [0.717, 1.165) is 33.7 Å². The van der Waals surface area contributed by atoms with E-state index in [1.54, 1.807) is 32.9 Å². The molecule has 1 heterocycles. The second kappa shape index (κ2) is 12.0. The predicted molar refractivity (Wildman–Crippen MR) is 147 cm³/mol. The van der Waals surface area contributed by atoms with Crippen LogP contribution in [0.5, 0.6) is 11.5 Å². The van der Waals surface area contributed by atoms with Crippen LogP contribution in [0.4, 0.5) is 0 Å². The van der Waals surface area contributed by atoms with Gasteiger partial charge in [-0.15, -0.1) is 0 Å². The second-order valence-electron chi connectivity index (χ2n) is 9.44. The van der Waals surface area contributed by atoms with Crippen LogP contribution in [0.15, 0.2) is 77.2 Å². The van der Waals surface area contributed by atoms with Gasteiger partial charge in [-0.25, -0.2) is 9.78 Å². The summed E-state index contributed by atoms with van der Waals surface area (Å²) in [5, 5.41) is 0. The van der Waals surface area contributed by atoms with E-state index in [2.05, 4.69) is 19.1 Å². The summed E-state index contributed by atoms with van der Waals surface area (Å²) in [6.07, 6.45) is 0.547. The number of benzene rings is 3. The number of nitrogens with two attached hydrogens (primary N) is 1. The van der Waals surface area contributed by atoms with Crippen molar-refractivity contribution in [2.24, 2.45) is 5.73 Å². The molecular formula is C31H34N2O5. The molecule has 0 spiro atoms. The van der Waals surface area contributed by atoms with Crippen molar-refractivity contribution in [3.8, 4) is 34.3 Å². The standard InChI is InChI=1S/C31H34N2O5/c1-5-35-30(34)31(3,4)38-27-15-14-25(19-24(27)20-32)36-17-16-26-28(23-13-9-10-21(2)18-23)37-29(33-26)22-11-7-6-8-12-22/h6-15,18-19H,5,16-17,20,32H2,1-4H3. The van der Waals surface area contributed by atoms with Crippen molar-refractivity contribution < 1.29 is 23.4 Å². The maximum atomic E-state index is 12.2. The molecule has 4 aromatic rings. The van der Waals surface area contributed by atoms with E-state index in [4.69, 9.17) is 29.3 Å². The van der Waals surface area contributed by atoms with Crippen molar-refractivity contribution in [1.82, 2.24) is 4.98 Å². The van der Waals surface area contributed by atoms with Crippen LogP contribution in [-0.2, 0) is 22.5 Å². The van der Waals surface area contributed by atoms with Gasteiger partial charge >= 0.3 is 5.97 Å². The van der Waals surface area contributed by atoms with Gasteiger partial charge in [-0.1, -0.05) is 42.0 Å². The first kappa shape index (κ1) is 26.9. The lowest BCUT2D eigenvalue weighted by Crippen LogP contribution is -2.40. The molecule has 7 nitrogen and oxygen atoms in total. The van der Waals surface area contributed by atoms with Gasteiger partial charge in [-0.2, -0.15) is 0 Å². The van der Waals surface area contributed by atoms with Gasteiger partial charge in [-0.3, -0.25) is 0 Å². The number of ether oxygens (including phenoxy) is 3. The molecule has 0 bridgehead atoms. The molecule has 0 fully saturated rings. The molecule has 0 saturated carbocycles. The minimum Gasteiger partial charge on any atom is -0.493 e.